The summed E-state index contributed by atoms with van der Waals surface area (Å²) in [7, 11) is 0. The van der Waals surface area contributed by atoms with Crippen LogP contribution in [0.4, 0.5) is 0 Å². The zero-order valence-electron chi connectivity index (χ0n) is 10.6. The van der Waals surface area contributed by atoms with Gasteiger partial charge in [0.1, 0.15) is 0 Å². The molecular weight excluding hydrogens is 272 g/mol. The molecule has 3 heteroatoms. The van der Waals surface area contributed by atoms with Gasteiger partial charge in [0.25, 0.3) is 0 Å². The number of hydrogen-bond donors (Lipinski definition) is 0. The maximum Gasteiger partial charge on any atom is 0.193 e. The molecule has 1 nitrogen and oxygen atoms in total. The minimum absolute atomic E-state index is 0.0609. The molecule has 2 aromatic carbocycles. The third-order valence-electron chi connectivity index (χ3n) is 2.69. The van der Waals surface area contributed by atoms with E-state index in [4.69, 9.17) is 12.2 Å². The Morgan fingerprint density at radius 2 is 1.58 bits per heavy atom. The molecule has 0 N–H and O–H groups in total. The van der Waals surface area contributed by atoms with Crippen molar-refractivity contribution in [2.75, 3.05) is 0 Å². The van der Waals surface area contributed by atoms with E-state index in [1.54, 1.807) is 11.8 Å². The van der Waals surface area contributed by atoms with Crippen molar-refractivity contribution in [3.8, 4) is 0 Å². The van der Waals surface area contributed by atoms with Crippen LogP contribution >= 0.6 is 24.0 Å². The number of carbonyl (C=O) groups is 1. The first-order chi connectivity index (χ1) is 9.16. The molecule has 0 fully saturated rings. The van der Waals surface area contributed by atoms with Crippen LogP contribution in [0.1, 0.15) is 28.4 Å². The minimum Gasteiger partial charge on any atom is -0.289 e. The molecule has 0 heterocycles. The van der Waals surface area contributed by atoms with Gasteiger partial charge in [-0.05, 0) is 12.5 Å². The molecule has 2 aromatic rings. The van der Waals surface area contributed by atoms with Crippen molar-refractivity contribution in [3.63, 3.8) is 0 Å². The van der Waals surface area contributed by atoms with Gasteiger partial charge >= 0.3 is 0 Å². The van der Waals surface area contributed by atoms with Crippen molar-refractivity contribution in [1.29, 1.82) is 0 Å². The normalized spacial score (nSPS) is 10.2. The summed E-state index contributed by atoms with van der Waals surface area (Å²) in [5.74, 6) is 0.917. The molecule has 0 amide bonds. The Morgan fingerprint density at radius 1 is 1.00 bits per heavy atom. The Bertz CT molecular complexity index is 573. The molecule has 2 rings (SSSR count). The quantitative estimate of drug-likeness (QED) is 0.608. The van der Waals surface area contributed by atoms with Crippen LogP contribution in [-0.2, 0) is 5.75 Å². The fourth-order valence-corrected chi connectivity index (χ4v) is 2.43. The third kappa shape index (κ3) is 4.01. The molecule has 0 unspecified atom stereocenters. The largest absolute Gasteiger partial charge is 0.289 e. The summed E-state index contributed by atoms with van der Waals surface area (Å²) in [5.41, 5.74) is 2.62. The van der Waals surface area contributed by atoms with Gasteiger partial charge in [0.2, 0.25) is 0 Å². The monoisotopic (exact) mass is 286 g/mol. The first kappa shape index (κ1) is 14.0. The lowest BCUT2D eigenvalue weighted by atomic mass is 10.0. The molecule has 0 saturated heterocycles. The molecular formula is C16H14OS2. The lowest BCUT2D eigenvalue weighted by Gasteiger charge is -2.03. The van der Waals surface area contributed by atoms with Gasteiger partial charge in [-0.25, -0.2) is 0 Å². The number of hydrogen-bond acceptors (Lipinski definition) is 3. The predicted molar refractivity (Wildman–Crippen MR) is 85.9 cm³/mol. The van der Waals surface area contributed by atoms with E-state index in [-0.39, 0.29) is 5.78 Å². The van der Waals surface area contributed by atoms with Gasteiger partial charge in [-0.15, -0.1) is 11.8 Å². The Kier molecular flexibility index (Phi) is 4.88. The lowest BCUT2D eigenvalue weighted by molar-refractivity contribution is 0.103. The summed E-state index contributed by atoms with van der Waals surface area (Å²) in [4.78, 5) is 12.2. The van der Waals surface area contributed by atoms with Crippen molar-refractivity contribution < 1.29 is 4.79 Å². The highest BCUT2D eigenvalue weighted by Crippen LogP contribution is 2.16. The second-order valence-corrected chi connectivity index (χ2v) is 6.23. The Labute approximate surface area is 123 Å². The van der Waals surface area contributed by atoms with Crippen LogP contribution in [0.2, 0.25) is 0 Å². The molecule has 0 aliphatic heterocycles. The third-order valence-corrected chi connectivity index (χ3v) is 3.93. The fraction of sp³-hybridized carbons (Fsp3) is 0.125. The van der Waals surface area contributed by atoms with Gasteiger partial charge in [0, 0.05) is 21.1 Å². The van der Waals surface area contributed by atoms with Crippen LogP contribution in [-0.4, -0.2) is 9.98 Å². The molecule has 96 valence electrons. The van der Waals surface area contributed by atoms with Crippen molar-refractivity contribution in [2.24, 2.45) is 0 Å². The van der Waals surface area contributed by atoms with E-state index in [1.165, 1.54) is 5.56 Å². The van der Waals surface area contributed by atoms with Crippen molar-refractivity contribution in [1.82, 2.24) is 0 Å². The SMILES string of the molecule is CC(=S)SCc1ccc(C(=O)c2ccccc2)cc1. The van der Waals surface area contributed by atoms with Crippen LogP contribution < -0.4 is 0 Å². The first-order valence-corrected chi connectivity index (χ1v) is 7.38. The maximum atomic E-state index is 12.2. The number of thiocarbonyl (C=S) groups is 1. The summed E-state index contributed by atoms with van der Waals surface area (Å²) in [6.07, 6.45) is 0. The van der Waals surface area contributed by atoms with Crippen LogP contribution in [0.5, 0.6) is 0 Å². The Balaban J connectivity index is 2.10. The van der Waals surface area contributed by atoms with E-state index in [0.29, 0.717) is 0 Å². The van der Waals surface area contributed by atoms with E-state index >= 15 is 0 Å². The molecule has 0 aliphatic rings. The van der Waals surface area contributed by atoms with E-state index in [0.717, 1.165) is 21.1 Å². The number of carbonyl (C=O) groups excluding carboxylic acids is 1. The fourth-order valence-electron chi connectivity index (χ4n) is 1.69. The van der Waals surface area contributed by atoms with E-state index in [9.17, 15) is 4.79 Å². The number of ketones is 1. The Morgan fingerprint density at radius 3 is 2.16 bits per heavy atom. The average molecular weight is 286 g/mol. The summed E-state index contributed by atoms with van der Waals surface area (Å²) in [5, 5.41) is 0. The minimum atomic E-state index is 0.0609. The van der Waals surface area contributed by atoms with Gasteiger partial charge in [0.15, 0.2) is 5.78 Å². The van der Waals surface area contributed by atoms with Gasteiger partial charge in [0.05, 0.1) is 0 Å². The van der Waals surface area contributed by atoms with Crippen molar-refractivity contribution in [2.45, 2.75) is 12.7 Å². The summed E-state index contributed by atoms with van der Waals surface area (Å²) in [6, 6.07) is 17.1. The van der Waals surface area contributed by atoms with Crippen LogP contribution in [0.25, 0.3) is 0 Å². The standard InChI is InChI=1S/C16H14OS2/c1-12(18)19-11-13-7-9-15(10-8-13)16(17)14-5-3-2-4-6-14/h2-10H,11H2,1H3. The molecule has 0 bridgehead atoms. The molecule has 0 atom stereocenters. The second-order valence-electron chi connectivity index (χ2n) is 4.17. The summed E-state index contributed by atoms with van der Waals surface area (Å²) >= 11 is 6.68. The average Bonchev–Trinajstić information content (AvgIpc) is 2.46. The molecule has 0 aromatic heterocycles. The topological polar surface area (TPSA) is 17.1 Å². The maximum absolute atomic E-state index is 12.2. The predicted octanol–water partition coefficient (Wildman–Crippen LogP) is 4.50. The molecule has 0 radical (unpaired) electrons. The van der Waals surface area contributed by atoms with E-state index in [2.05, 4.69) is 0 Å². The molecule has 0 saturated carbocycles. The lowest BCUT2D eigenvalue weighted by Crippen LogP contribution is -2.00. The van der Waals surface area contributed by atoms with E-state index < -0.39 is 0 Å². The van der Waals surface area contributed by atoms with E-state index in [1.807, 2.05) is 61.5 Å². The number of rotatable bonds is 4. The molecule has 19 heavy (non-hydrogen) atoms. The first-order valence-electron chi connectivity index (χ1n) is 5.99. The zero-order chi connectivity index (χ0) is 13.7. The highest BCUT2D eigenvalue weighted by Gasteiger charge is 2.07. The van der Waals surface area contributed by atoms with Crippen LogP contribution in [0.3, 0.4) is 0 Å². The van der Waals surface area contributed by atoms with Crippen LogP contribution in [0, 0.1) is 0 Å². The highest BCUT2D eigenvalue weighted by molar-refractivity contribution is 8.22. The molecule has 0 spiro atoms. The smallest absolute Gasteiger partial charge is 0.193 e. The van der Waals surface area contributed by atoms with Crippen molar-refractivity contribution in [3.05, 3.63) is 71.3 Å². The molecule has 0 aliphatic carbocycles. The number of thioether (sulfide) groups is 1. The van der Waals surface area contributed by atoms with Gasteiger partial charge in [-0.3, -0.25) is 4.79 Å². The second kappa shape index (κ2) is 6.64. The van der Waals surface area contributed by atoms with Gasteiger partial charge < -0.3 is 0 Å². The zero-order valence-corrected chi connectivity index (χ0v) is 12.3. The Hall–Kier alpha value is -1.45. The van der Waals surface area contributed by atoms with Gasteiger partial charge in [-0.1, -0.05) is 66.8 Å². The van der Waals surface area contributed by atoms with Gasteiger partial charge in [-0.2, -0.15) is 0 Å². The summed E-state index contributed by atoms with van der Waals surface area (Å²) in [6.45, 7) is 1.92. The number of benzene rings is 2. The highest BCUT2D eigenvalue weighted by atomic mass is 32.2. The van der Waals surface area contributed by atoms with Crippen molar-refractivity contribution >= 4 is 34.0 Å². The summed E-state index contributed by atoms with van der Waals surface area (Å²) < 4.78 is 0.935. The van der Waals surface area contributed by atoms with Crippen LogP contribution in [0.15, 0.2) is 54.6 Å².